The second-order valence-corrected chi connectivity index (χ2v) is 5.24. The lowest BCUT2D eigenvalue weighted by atomic mass is 10.0. The van der Waals surface area contributed by atoms with Gasteiger partial charge in [0.2, 0.25) is 0 Å². The van der Waals surface area contributed by atoms with Crippen molar-refractivity contribution in [2.75, 3.05) is 26.7 Å². The molecule has 1 aliphatic heterocycles. The molecule has 3 heteroatoms. The number of benzene rings is 1. The van der Waals surface area contributed by atoms with Crippen molar-refractivity contribution < 1.29 is 4.74 Å². The van der Waals surface area contributed by atoms with Gasteiger partial charge in [0.15, 0.2) is 0 Å². The molecule has 0 amide bonds. The van der Waals surface area contributed by atoms with Gasteiger partial charge in [0.25, 0.3) is 0 Å². The highest BCUT2D eigenvalue weighted by Crippen LogP contribution is 2.26. The molecule has 100 valence electrons. The van der Waals surface area contributed by atoms with Gasteiger partial charge in [-0.2, -0.15) is 0 Å². The first kappa shape index (κ1) is 13.5. The maximum absolute atomic E-state index is 5.98. The fourth-order valence-electron chi connectivity index (χ4n) is 2.70. The Balaban J connectivity index is 2.15. The van der Waals surface area contributed by atoms with Gasteiger partial charge in [0, 0.05) is 32.8 Å². The molecule has 0 aliphatic carbocycles. The smallest absolute Gasteiger partial charge is 0.0710 e. The summed E-state index contributed by atoms with van der Waals surface area (Å²) in [6.45, 7) is 7.04. The van der Waals surface area contributed by atoms with E-state index < -0.39 is 0 Å². The molecule has 1 heterocycles. The third kappa shape index (κ3) is 2.74. The highest BCUT2D eigenvalue weighted by atomic mass is 16.5. The first-order valence-corrected chi connectivity index (χ1v) is 6.69. The molecule has 0 saturated carbocycles. The first-order valence-electron chi connectivity index (χ1n) is 6.69. The van der Waals surface area contributed by atoms with E-state index in [1.807, 2.05) is 0 Å². The van der Waals surface area contributed by atoms with E-state index >= 15 is 0 Å². The van der Waals surface area contributed by atoms with Crippen molar-refractivity contribution in [3.05, 3.63) is 34.9 Å². The van der Waals surface area contributed by atoms with Crippen LogP contribution in [0.3, 0.4) is 0 Å². The molecule has 1 saturated heterocycles. The molecule has 0 spiro atoms. The summed E-state index contributed by atoms with van der Waals surface area (Å²) in [6.07, 6.45) is 1.48. The Labute approximate surface area is 110 Å². The van der Waals surface area contributed by atoms with Crippen LogP contribution >= 0.6 is 0 Å². The molecular weight excluding hydrogens is 224 g/mol. The number of nitrogens with zero attached hydrogens (tertiary/aromatic N) is 1. The summed E-state index contributed by atoms with van der Waals surface area (Å²) in [5, 5.41) is 0. The molecule has 0 aromatic heterocycles. The molecule has 3 nitrogen and oxygen atoms in total. The average Bonchev–Trinajstić information content (AvgIpc) is 2.83. The van der Waals surface area contributed by atoms with E-state index in [0.717, 1.165) is 19.5 Å². The first-order chi connectivity index (χ1) is 8.65. The second kappa shape index (κ2) is 5.83. The predicted molar refractivity (Wildman–Crippen MR) is 74.7 cm³/mol. The number of aryl methyl sites for hydroxylation is 2. The molecule has 1 aromatic rings. The standard InChI is InChI=1S/C15H24N2O/c1-11-4-5-13(8-12(11)2)15(9-16)17-7-6-14(10-17)18-3/h4-5,8,14-15H,6-7,9-10,16H2,1-3H3. The summed E-state index contributed by atoms with van der Waals surface area (Å²) in [4.78, 5) is 2.44. The van der Waals surface area contributed by atoms with Crippen molar-refractivity contribution in [3.8, 4) is 0 Å². The Kier molecular flexibility index (Phi) is 4.38. The minimum atomic E-state index is 0.324. The molecule has 1 aliphatic rings. The van der Waals surface area contributed by atoms with Gasteiger partial charge in [-0.1, -0.05) is 18.2 Å². The maximum atomic E-state index is 5.98. The maximum Gasteiger partial charge on any atom is 0.0710 e. The predicted octanol–water partition coefficient (Wildman–Crippen LogP) is 2.02. The van der Waals surface area contributed by atoms with Crippen LogP contribution in [0.1, 0.15) is 29.2 Å². The van der Waals surface area contributed by atoms with E-state index in [2.05, 4.69) is 36.9 Å². The van der Waals surface area contributed by atoms with Crippen LogP contribution in [0.5, 0.6) is 0 Å². The normalized spacial score (nSPS) is 22.3. The van der Waals surface area contributed by atoms with E-state index in [0.29, 0.717) is 18.7 Å². The van der Waals surface area contributed by atoms with Crippen LogP contribution in [0.15, 0.2) is 18.2 Å². The molecule has 2 N–H and O–H groups in total. The zero-order chi connectivity index (χ0) is 13.1. The molecular formula is C15H24N2O. The van der Waals surface area contributed by atoms with Crippen molar-refractivity contribution >= 4 is 0 Å². The summed E-state index contributed by atoms with van der Waals surface area (Å²) < 4.78 is 5.43. The summed E-state index contributed by atoms with van der Waals surface area (Å²) in [6, 6.07) is 6.99. The molecule has 2 rings (SSSR count). The van der Waals surface area contributed by atoms with Crippen LogP contribution in [0, 0.1) is 13.8 Å². The van der Waals surface area contributed by atoms with Crippen LogP contribution in [0.4, 0.5) is 0 Å². The number of likely N-dealkylation sites (tertiary alicyclic amines) is 1. The Morgan fingerprint density at radius 1 is 1.39 bits per heavy atom. The minimum absolute atomic E-state index is 0.324. The highest BCUT2D eigenvalue weighted by molar-refractivity contribution is 5.32. The van der Waals surface area contributed by atoms with Gasteiger partial charge < -0.3 is 10.5 Å². The quantitative estimate of drug-likeness (QED) is 0.886. The van der Waals surface area contributed by atoms with Gasteiger partial charge >= 0.3 is 0 Å². The minimum Gasteiger partial charge on any atom is -0.380 e. The Morgan fingerprint density at radius 3 is 2.72 bits per heavy atom. The fourth-order valence-corrected chi connectivity index (χ4v) is 2.70. The zero-order valence-corrected chi connectivity index (χ0v) is 11.6. The van der Waals surface area contributed by atoms with Gasteiger partial charge in [0.05, 0.1) is 6.10 Å². The third-order valence-electron chi connectivity index (χ3n) is 4.09. The number of nitrogens with two attached hydrogens (primary N) is 1. The summed E-state index contributed by atoms with van der Waals surface area (Å²) in [5.41, 5.74) is 9.99. The Bertz CT molecular complexity index is 405. The van der Waals surface area contributed by atoms with Crippen LogP contribution < -0.4 is 5.73 Å². The van der Waals surface area contributed by atoms with Crippen molar-refractivity contribution in [3.63, 3.8) is 0 Å². The number of hydrogen-bond acceptors (Lipinski definition) is 3. The molecule has 1 fully saturated rings. The molecule has 0 bridgehead atoms. The van der Waals surface area contributed by atoms with E-state index in [-0.39, 0.29) is 0 Å². The van der Waals surface area contributed by atoms with Crippen molar-refractivity contribution in [2.45, 2.75) is 32.4 Å². The summed E-state index contributed by atoms with van der Waals surface area (Å²) in [7, 11) is 1.79. The molecule has 1 aromatic carbocycles. The fraction of sp³-hybridized carbons (Fsp3) is 0.600. The van der Waals surface area contributed by atoms with Crippen LogP contribution in [0.2, 0.25) is 0 Å². The Hall–Kier alpha value is -0.900. The second-order valence-electron chi connectivity index (χ2n) is 5.24. The monoisotopic (exact) mass is 248 g/mol. The summed E-state index contributed by atoms with van der Waals surface area (Å²) in [5.74, 6) is 0. The molecule has 18 heavy (non-hydrogen) atoms. The lowest BCUT2D eigenvalue weighted by Crippen LogP contribution is -2.33. The average molecular weight is 248 g/mol. The number of rotatable bonds is 4. The third-order valence-corrected chi connectivity index (χ3v) is 4.09. The van der Waals surface area contributed by atoms with Gasteiger partial charge in [-0.25, -0.2) is 0 Å². The van der Waals surface area contributed by atoms with Gasteiger partial charge in [-0.05, 0) is 37.0 Å². The van der Waals surface area contributed by atoms with Gasteiger partial charge in [0.1, 0.15) is 0 Å². The number of ether oxygens (including phenoxy) is 1. The highest BCUT2D eigenvalue weighted by Gasteiger charge is 2.28. The molecule has 2 atom stereocenters. The topological polar surface area (TPSA) is 38.5 Å². The Morgan fingerprint density at radius 2 is 2.17 bits per heavy atom. The van der Waals surface area contributed by atoms with E-state index in [4.69, 9.17) is 10.5 Å². The van der Waals surface area contributed by atoms with Crippen molar-refractivity contribution in [1.29, 1.82) is 0 Å². The lowest BCUT2D eigenvalue weighted by molar-refractivity contribution is 0.101. The van der Waals surface area contributed by atoms with Gasteiger partial charge in [-0.3, -0.25) is 4.90 Å². The SMILES string of the molecule is COC1CCN(C(CN)c2ccc(C)c(C)c2)C1. The lowest BCUT2D eigenvalue weighted by Gasteiger charge is -2.27. The van der Waals surface area contributed by atoms with Crippen LogP contribution in [0.25, 0.3) is 0 Å². The van der Waals surface area contributed by atoms with Crippen LogP contribution in [-0.2, 0) is 4.74 Å². The number of methoxy groups -OCH3 is 1. The van der Waals surface area contributed by atoms with Crippen LogP contribution in [-0.4, -0.2) is 37.7 Å². The van der Waals surface area contributed by atoms with Crippen molar-refractivity contribution in [2.24, 2.45) is 5.73 Å². The van der Waals surface area contributed by atoms with E-state index in [1.54, 1.807) is 7.11 Å². The number of hydrogen-bond donors (Lipinski definition) is 1. The molecule has 0 radical (unpaired) electrons. The van der Waals surface area contributed by atoms with E-state index in [9.17, 15) is 0 Å². The van der Waals surface area contributed by atoms with Crippen molar-refractivity contribution in [1.82, 2.24) is 4.90 Å². The largest absolute Gasteiger partial charge is 0.380 e. The van der Waals surface area contributed by atoms with E-state index in [1.165, 1.54) is 16.7 Å². The molecule has 2 unspecified atom stereocenters. The zero-order valence-electron chi connectivity index (χ0n) is 11.6. The van der Waals surface area contributed by atoms with Gasteiger partial charge in [-0.15, -0.1) is 0 Å². The summed E-state index contributed by atoms with van der Waals surface area (Å²) >= 11 is 0.